The third-order valence-corrected chi connectivity index (χ3v) is 3.85. The van der Waals surface area contributed by atoms with Crippen LogP contribution in [0.25, 0.3) is 0 Å². The van der Waals surface area contributed by atoms with Gasteiger partial charge in [-0.3, -0.25) is 0 Å². The first kappa shape index (κ1) is 13.7. The van der Waals surface area contributed by atoms with E-state index in [0.717, 1.165) is 6.26 Å². The summed E-state index contributed by atoms with van der Waals surface area (Å²) in [6.07, 6.45) is 0.0930. The second-order valence-electron chi connectivity index (χ2n) is 4.26. The second kappa shape index (κ2) is 4.44. The van der Waals surface area contributed by atoms with Gasteiger partial charge in [0.25, 0.3) is 0 Å². The molecule has 1 atom stereocenters. The first-order chi connectivity index (χ1) is 8.70. The van der Waals surface area contributed by atoms with Crippen LogP contribution >= 0.6 is 0 Å². The molecule has 19 heavy (non-hydrogen) atoms. The van der Waals surface area contributed by atoms with Crippen LogP contribution in [0.2, 0.25) is 0 Å². The van der Waals surface area contributed by atoms with Gasteiger partial charge in [0.1, 0.15) is 6.04 Å². The Hall–Kier alpha value is -1.70. The van der Waals surface area contributed by atoms with Crippen LogP contribution in [-0.4, -0.2) is 33.3 Å². The van der Waals surface area contributed by atoms with E-state index in [9.17, 15) is 22.0 Å². The van der Waals surface area contributed by atoms with Crippen molar-refractivity contribution in [3.05, 3.63) is 29.8 Å². The fraction of sp³-hybridized carbons (Fsp3) is 0.364. The highest BCUT2D eigenvalue weighted by molar-refractivity contribution is 7.90. The molecule has 0 unspecified atom stereocenters. The lowest BCUT2D eigenvalue weighted by Gasteiger charge is -2.31. The summed E-state index contributed by atoms with van der Waals surface area (Å²) in [4.78, 5) is 11.0. The number of amides is 1. The lowest BCUT2D eigenvalue weighted by atomic mass is 10.0. The molecular weight excluding hydrogens is 280 g/mol. The zero-order valence-corrected chi connectivity index (χ0v) is 10.7. The summed E-state index contributed by atoms with van der Waals surface area (Å²) in [5, 5.41) is 2.02. The van der Waals surface area contributed by atoms with Gasteiger partial charge in [-0.05, 0) is 17.7 Å². The Morgan fingerprint density at radius 1 is 1.32 bits per heavy atom. The van der Waals surface area contributed by atoms with E-state index in [-0.39, 0.29) is 10.5 Å². The van der Waals surface area contributed by atoms with Crippen molar-refractivity contribution in [1.82, 2.24) is 5.32 Å². The van der Waals surface area contributed by atoms with Crippen LogP contribution < -0.4 is 5.32 Å². The molecular formula is C11H11F2NO4S. The Labute approximate surface area is 108 Å². The smallest absolute Gasteiger partial charge is 0.408 e. The minimum absolute atomic E-state index is 0.0259. The van der Waals surface area contributed by atoms with Gasteiger partial charge in [-0.25, -0.2) is 22.0 Å². The molecule has 0 radical (unpaired) electrons. The minimum Gasteiger partial charge on any atom is -0.443 e. The summed E-state index contributed by atoms with van der Waals surface area (Å²) in [6.45, 7) is -1.00. The van der Waals surface area contributed by atoms with Gasteiger partial charge in [0, 0.05) is 6.26 Å². The van der Waals surface area contributed by atoms with Gasteiger partial charge in [0.05, 0.1) is 4.90 Å². The number of cyclic esters (lactones) is 1. The molecule has 1 N–H and O–H groups in total. The summed E-state index contributed by atoms with van der Waals surface area (Å²) >= 11 is 0. The SMILES string of the molecule is CS(=O)(=O)c1ccc([C@@H]2NC(=O)OCC2(F)F)cc1. The molecule has 1 aliphatic heterocycles. The van der Waals surface area contributed by atoms with Crippen LogP contribution in [0, 0.1) is 0 Å². The molecule has 8 heteroatoms. The van der Waals surface area contributed by atoms with Crippen molar-refractivity contribution in [1.29, 1.82) is 0 Å². The second-order valence-corrected chi connectivity index (χ2v) is 6.27. The van der Waals surface area contributed by atoms with Gasteiger partial charge in [0.15, 0.2) is 16.4 Å². The molecule has 0 spiro atoms. The molecule has 104 valence electrons. The molecule has 0 saturated carbocycles. The normalized spacial score (nSPS) is 22.5. The number of rotatable bonds is 2. The lowest BCUT2D eigenvalue weighted by molar-refractivity contribution is -0.104. The van der Waals surface area contributed by atoms with Crippen molar-refractivity contribution in [2.45, 2.75) is 16.9 Å². The van der Waals surface area contributed by atoms with Crippen LogP contribution in [0.4, 0.5) is 13.6 Å². The highest BCUT2D eigenvalue weighted by atomic mass is 32.2. The van der Waals surface area contributed by atoms with Gasteiger partial charge < -0.3 is 10.1 Å². The molecule has 1 fully saturated rings. The molecule has 5 nitrogen and oxygen atoms in total. The standard InChI is InChI=1S/C11H11F2NO4S/c1-19(16,17)8-4-2-7(3-5-8)9-11(12,13)6-18-10(15)14-9/h2-5,9H,6H2,1H3,(H,14,15)/t9-/m0/s1. The first-order valence-corrected chi connectivity index (χ1v) is 7.20. The predicted octanol–water partition coefficient (Wildman–Crippen LogP) is 1.51. The Bertz CT molecular complexity index is 598. The molecule has 1 aromatic rings. The Morgan fingerprint density at radius 3 is 2.42 bits per heavy atom. The van der Waals surface area contributed by atoms with Crippen LogP contribution in [-0.2, 0) is 14.6 Å². The Morgan fingerprint density at radius 2 is 1.89 bits per heavy atom. The highest BCUT2D eigenvalue weighted by Crippen LogP contribution is 2.34. The van der Waals surface area contributed by atoms with E-state index in [2.05, 4.69) is 4.74 Å². The van der Waals surface area contributed by atoms with Crippen LogP contribution in [0.1, 0.15) is 11.6 Å². The van der Waals surface area contributed by atoms with E-state index in [1.54, 1.807) is 0 Å². The van der Waals surface area contributed by atoms with Gasteiger partial charge >= 0.3 is 12.0 Å². The van der Waals surface area contributed by atoms with Crippen LogP contribution in [0.3, 0.4) is 0 Å². The van der Waals surface area contributed by atoms with Crippen molar-refractivity contribution in [3.8, 4) is 0 Å². The first-order valence-electron chi connectivity index (χ1n) is 5.31. The largest absolute Gasteiger partial charge is 0.443 e. The van der Waals surface area contributed by atoms with Crippen molar-refractivity contribution in [3.63, 3.8) is 0 Å². The molecule has 1 saturated heterocycles. The highest BCUT2D eigenvalue weighted by Gasteiger charge is 2.46. The van der Waals surface area contributed by atoms with E-state index in [4.69, 9.17) is 0 Å². The van der Waals surface area contributed by atoms with E-state index in [1.165, 1.54) is 24.3 Å². The molecule has 0 aromatic heterocycles. The number of hydrogen-bond acceptors (Lipinski definition) is 4. The van der Waals surface area contributed by atoms with Crippen LogP contribution in [0.5, 0.6) is 0 Å². The van der Waals surface area contributed by atoms with E-state index < -0.39 is 34.5 Å². The maximum atomic E-state index is 13.6. The number of halogens is 2. The van der Waals surface area contributed by atoms with Gasteiger partial charge in [-0.15, -0.1) is 0 Å². The zero-order chi connectivity index (χ0) is 14.3. The summed E-state index contributed by atoms with van der Waals surface area (Å²) in [7, 11) is -3.39. The third-order valence-electron chi connectivity index (χ3n) is 2.72. The van der Waals surface area contributed by atoms with Crippen molar-refractivity contribution < 1.29 is 26.7 Å². The summed E-state index contributed by atoms with van der Waals surface area (Å²) < 4.78 is 54.0. The molecule has 1 amide bonds. The van der Waals surface area contributed by atoms with E-state index in [0.29, 0.717) is 0 Å². The van der Waals surface area contributed by atoms with Gasteiger partial charge in [-0.1, -0.05) is 12.1 Å². The zero-order valence-electron chi connectivity index (χ0n) is 9.89. The van der Waals surface area contributed by atoms with E-state index in [1.807, 2.05) is 5.32 Å². The minimum atomic E-state index is -3.39. The number of ether oxygens (including phenoxy) is 1. The Balaban J connectivity index is 2.33. The monoisotopic (exact) mass is 291 g/mol. The Kier molecular flexibility index (Phi) is 3.21. The number of carbonyl (C=O) groups excluding carboxylic acids is 1. The number of benzene rings is 1. The number of nitrogens with one attached hydrogen (secondary N) is 1. The van der Waals surface area contributed by atoms with Crippen molar-refractivity contribution in [2.24, 2.45) is 0 Å². The number of alkyl halides is 2. The topological polar surface area (TPSA) is 72.5 Å². The van der Waals surface area contributed by atoms with Crippen LogP contribution in [0.15, 0.2) is 29.2 Å². The summed E-state index contributed by atoms with van der Waals surface area (Å²) in [6, 6.07) is 3.42. The lowest BCUT2D eigenvalue weighted by Crippen LogP contribution is -2.49. The summed E-state index contributed by atoms with van der Waals surface area (Å²) in [5.41, 5.74) is 0.119. The molecule has 0 bridgehead atoms. The number of sulfone groups is 1. The number of carbonyl (C=O) groups is 1. The average Bonchev–Trinajstić information content (AvgIpc) is 2.31. The fourth-order valence-electron chi connectivity index (χ4n) is 1.74. The summed E-state index contributed by atoms with van der Waals surface area (Å²) in [5.74, 6) is -3.25. The third kappa shape index (κ3) is 2.83. The molecule has 1 aromatic carbocycles. The quantitative estimate of drug-likeness (QED) is 0.896. The maximum absolute atomic E-state index is 13.6. The molecule has 0 aliphatic carbocycles. The predicted molar refractivity (Wildman–Crippen MR) is 61.7 cm³/mol. The molecule has 2 rings (SSSR count). The van der Waals surface area contributed by atoms with Gasteiger partial charge in [-0.2, -0.15) is 0 Å². The number of alkyl carbamates (subject to hydrolysis) is 1. The van der Waals surface area contributed by atoms with Crippen molar-refractivity contribution in [2.75, 3.05) is 12.9 Å². The number of hydrogen-bond donors (Lipinski definition) is 1. The molecule has 1 aliphatic rings. The maximum Gasteiger partial charge on any atom is 0.408 e. The molecule has 1 heterocycles. The van der Waals surface area contributed by atoms with E-state index >= 15 is 0 Å². The average molecular weight is 291 g/mol. The van der Waals surface area contributed by atoms with Crippen molar-refractivity contribution >= 4 is 15.9 Å². The van der Waals surface area contributed by atoms with Gasteiger partial charge in [0.2, 0.25) is 0 Å². The fourth-order valence-corrected chi connectivity index (χ4v) is 2.38.